The van der Waals surface area contributed by atoms with Gasteiger partial charge in [0.1, 0.15) is 23.1 Å². The highest BCUT2D eigenvalue weighted by molar-refractivity contribution is 7.18. The fraction of sp³-hybridized carbons (Fsp3) is 0.304. The SMILES string of the molecule is Cc1cccc(C(=O)c2sc(Nc3ccc(OCC4CCCN4C)cc3)nc2N)c1. The van der Waals surface area contributed by atoms with E-state index in [0.717, 1.165) is 23.5 Å². The minimum Gasteiger partial charge on any atom is -0.492 e. The zero-order chi connectivity index (χ0) is 21.1. The lowest BCUT2D eigenvalue weighted by atomic mass is 10.1. The molecule has 0 amide bonds. The van der Waals surface area contributed by atoms with Crippen LogP contribution in [0.2, 0.25) is 0 Å². The van der Waals surface area contributed by atoms with E-state index in [4.69, 9.17) is 10.5 Å². The van der Waals surface area contributed by atoms with Crippen LogP contribution < -0.4 is 15.8 Å². The van der Waals surface area contributed by atoms with Gasteiger partial charge in [-0.2, -0.15) is 0 Å². The van der Waals surface area contributed by atoms with Gasteiger partial charge in [0.15, 0.2) is 5.13 Å². The largest absolute Gasteiger partial charge is 0.492 e. The predicted molar refractivity (Wildman–Crippen MR) is 122 cm³/mol. The van der Waals surface area contributed by atoms with E-state index in [2.05, 4.69) is 22.2 Å². The maximum Gasteiger partial charge on any atom is 0.206 e. The number of anilines is 3. The van der Waals surface area contributed by atoms with Crippen LogP contribution in [-0.4, -0.2) is 41.9 Å². The maximum atomic E-state index is 12.8. The number of aromatic nitrogens is 1. The molecule has 1 saturated heterocycles. The first-order chi connectivity index (χ1) is 14.5. The molecule has 0 radical (unpaired) electrons. The van der Waals surface area contributed by atoms with Crippen molar-refractivity contribution < 1.29 is 9.53 Å². The van der Waals surface area contributed by atoms with Gasteiger partial charge in [-0.1, -0.05) is 35.1 Å². The Morgan fingerprint density at radius 2 is 2.10 bits per heavy atom. The number of likely N-dealkylation sites (N-methyl/N-ethyl adjacent to an activating group) is 1. The number of aryl methyl sites for hydroxylation is 1. The second-order valence-electron chi connectivity index (χ2n) is 7.67. The average Bonchev–Trinajstić information content (AvgIpc) is 3.31. The molecule has 30 heavy (non-hydrogen) atoms. The highest BCUT2D eigenvalue weighted by atomic mass is 32.1. The number of rotatable bonds is 7. The summed E-state index contributed by atoms with van der Waals surface area (Å²) in [6.45, 7) is 3.80. The summed E-state index contributed by atoms with van der Waals surface area (Å²) in [6, 6.07) is 15.7. The number of nitrogens with zero attached hydrogens (tertiary/aromatic N) is 2. The van der Waals surface area contributed by atoms with Crippen LogP contribution in [0.1, 0.15) is 33.6 Å². The summed E-state index contributed by atoms with van der Waals surface area (Å²) < 4.78 is 5.93. The molecule has 0 aliphatic carbocycles. The van der Waals surface area contributed by atoms with Crippen LogP contribution in [-0.2, 0) is 0 Å². The Morgan fingerprint density at radius 1 is 1.30 bits per heavy atom. The molecule has 0 bridgehead atoms. The summed E-state index contributed by atoms with van der Waals surface area (Å²) in [7, 11) is 2.14. The number of ketones is 1. The van der Waals surface area contributed by atoms with Crippen LogP contribution in [0.25, 0.3) is 0 Å². The Bertz CT molecular complexity index is 1030. The normalized spacial score (nSPS) is 16.5. The minimum absolute atomic E-state index is 0.109. The van der Waals surface area contributed by atoms with Gasteiger partial charge in [-0.3, -0.25) is 4.79 Å². The molecule has 1 unspecified atom stereocenters. The Labute approximate surface area is 180 Å². The van der Waals surface area contributed by atoms with E-state index in [-0.39, 0.29) is 11.6 Å². The summed E-state index contributed by atoms with van der Waals surface area (Å²) in [6.07, 6.45) is 2.42. The van der Waals surface area contributed by atoms with Gasteiger partial charge in [0, 0.05) is 17.3 Å². The summed E-state index contributed by atoms with van der Waals surface area (Å²) in [5.41, 5.74) is 8.53. The molecule has 1 atom stereocenters. The van der Waals surface area contributed by atoms with Crippen molar-refractivity contribution in [1.29, 1.82) is 0 Å². The number of ether oxygens (including phenoxy) is 1. The van der Waals surface area contributed by atoms with E-state index in [1.807, 2.05) is 49.4 Å². The van der Waals surface area contributed by atoms with Crippen LogP contribution in [0, 0.1) is 6.92 Å². The molecule has 4 rings (SSSR count). The van der Waals surface area contributed by atoms with Gasteiger partial charge in [0.25, 0.3) is 0 Å². The molecular formula is C23H26N4O2S. The van der Waals surface area contributed by atoms with Gasteiger partial charge in [-0.05, 0) is 63.7 Å². The van der Waals surface area contributed by atoms with Crippen LogP contribution in [0.5, 0.6) is 5.75 Å². The van der Waals surface area contributed by atoms with Crippen LogP contribution in [0.4, 0.5) is 16.6 Å². The molecule has 1 fully saturated rings. The number of hydrogen-bond donors (Lipinski definition) is 2. The molecule has 6 nitrogen and oxygen atoms in total. The molecule has 1 aliphatic rings. The number of benzene rings is 2. The zero-order valence-electron chi connectivity index (χ0n) is 17.2. The van der Waals surface area contributed by atoms with E-state index < -0.39 is 0 Å². The summed E-state index contributed by atoms with van der Waals surface area (Å²) in [5, 5.41) is 3.81. The molecule has 0 spiro atoms. The van der Waals surface area contributed by atoms with Gasteiger partial charge in [0.05, 0.1) is 0 Å². The van der Waals surface area contributed by atoms with Crippen molar-refractivity contribution in [2.24, 2.45) is 0 Å². The first-order valence-electron chi connectivity index (χ1n) is 10.1. The monoisotopic (exact) mass is 422 g/mol. The van der Waals surface area contributed by atoms with E-state index in [1.54, 1.807) is 6.07 Å². The Hall–Kier alpha value is -2.90. The maximum absolute atomic E-state index is 12.8. The van der Waals surface area contributed by atoms with Crippen molar-refractivity contribution in [2.45, 2.75) is 25.8 Å². The van der Waals surface area contributed by atoms with Gasteiger partial charge in [-0.25, -0.2) is 4.98 Å². The van der Waals surface area contributed by atoms with Crippen LogP contribution >= 0.6 is 11.3 Å². The lowest BCUT2D eigenvalue weighted by Gasteiger charge is -2.19. The van der Waals surface area contributed by atoms with Crippen molar-refractivity contribution in [3.63, 3.8) is 0 Å². The zero-order valence-corrected chi connectivity index (χ0v) is 18.0. The number of thiazole rings is 1. The van der Waals surface area contributed by atoms with E-state index in [0.29, 0.717) is 28.2 Å². The Kier molecular flexibility index (Phi) is 6.01. The second kappa shape index (κ2) is 8.85. The first-order valence-corrected chi connectivity index (χ1v) is 10.9. The Morgan fingerprint density at radius 3 is 2.80 bits per heavy atom. The lowest BCUT2D eigenvalue weighted by Crippen LogP contribution is -2.30. The quantitative estimate of drug-likeness (QED) is 0.547. The van der Waals surface area contributed by atoms with Gasteiger partial charge >= 0.3 is 0 Å². The smallest absolute Gasteiger partial charge is 0.206 e. The lowest BCUT2D eigenvalue weighted by molar-refractivity contribution is 0.104. The molecule has 3 aromatic rings. The predicted octanol–water partition coefficient (Wildman–Crippen LogP) is 4.48. The average molecular weight is 423 g/mol. The van der Waals surface area contributed by atoms with Gasteiger partial charge < -0.3 is 20.7 Å². The third kappa shape index (κ3) is 4.63. The highest BCUT2D eigenvalue weighted by Gasteiger charge is 2.21. The molecule has 1 aliphatic heterocycles. The van der Waals surface area contributed by atoms with Crippen LogP contribution in [0.15, 0.2) is 48.5 Å². The third-order valence-corrected chi connectivity index (χ3v) is 6.34. The molecule has 2 aromatic carbocycles. The fourth-order valence-electron chi connectivity index (χ4n) is 3.61. The second-order valence-corrected chi connectivity index (χ2v) is 8.67. The Balaban J connectivity index is 1.40. The molecule has 0 saturated carbocycles. The van der Waals surface area contributed by atoms with Crippen LogP contribution in [0.3, 0.4) is 0 Å². The molecular weight excluding hydrogens is 396 g/mol. The molecule has 1 aromatic heterocycles. The number of carbonyl (C=O) groups excluding carboxylic acids is 1. The minimum atomic E-state index is -0.109. The fourth-order valence-corrected chi connectivity index (χ4v) is 4.47. The van der Waals surface area contributed by atoms with Gasteiger partial charge in [-0.15, -0.1) is 0 Å². The molecule has 156 valence electrons. The number of carbonyl (C=O) groups is 1. The summed E-state index contributed by atoms with van der Waals surface area (Å²) in [5.74, 6) is 0.979. The van der Waals surface area contributed by atoms with Crippen molar-refractivity contribution in [2.75, 3.05) is 31.2 Å². The number of nitrogens with one attached hydrogen (secondary N) is 1. The number of nitrogens with two attached hydrogens (primary N) is 1. The topological polar surface area (TPSA) is 80.5 Å². The highest BCUT2D eigenvalue weighted by Crippen LogP contribution is 2.30. The standard InChI is InChI=1S/C23H26N4O2S/c1-15-5-3-6-16(13-15)20(28)21-22(24)26-23(30-21)25-17-8-10-19(11-9-17)29-14-18-7-4-12-27(18)2/h3,5-6,8-11,13,18H,4,7,12,14,24H2,1-2H3,(H,25,26). The number of likely N-dealkylation sites (tertiary alicyclic amines) is 1. The number of nitrogen functional groups attached to an aromatic ring is 1. The first kappa shape index (κ1) is 20.4. The summed E-state index contributed by atoms with van der Waals surface area (Å²) >= 11 is 1.26. The molecule has 3 N–H and O–H groups in total. The van der Waals surface area contributed by atoms with Crippen molar-refractivity contribution >= 4 is 33.8 Å². The van der Waals surface area contributed by atoms with Crippen molar-refractivity contribution in [3.05, 3.63) is 64.5 Å². The van der Waals surface area contributed by atoms with Gasteiger partial charge in [0.2, 0.25) is 5.78 Å². The summed E-state index contributed by atoms with van der Waals surface area (Å²) in [4.78, 5) is 19.9. The van der Waals surface area contributed by atoms with E-state index >= 15 is 0 Å². The van der Waals surface area contributed by atoms with Crippen molar-refractivity contribution in [3.8, 4) is 5.75 Å². The number of hydrogen-bond acceptors (Lipinski definition) is 7. The molecule has 7 heteroatoms. The van der Waals surface area contributed by atoms with Crippen molar-refractivity contribution in [1.82, 2.24) is 9.88 Å². The van der Waals surface area contributed by atoms with E-state index in [9.17, 15) is 4.79 Å². The third-order valence-electron chi connectivity index (χ3n) is 5.36. The van der Waals surface area contributed by atoms with E-state index in [1.165, 1.54) is 24.2 Å². The molecule has 2 heterocycles.